The van der Waals surface area contributed by atoms with Crippen LogP contribution in [0.15, 0.2) is 39.9 Å². The summed E-state index contributed by atoms with van der Waals surface area (Å²) in [5.41, 5.74) is 2.61. The molecule has 0 aliphatic carbocycles. The fraction of sp³-hybridized carbons (Fsp3) is 0.421. The van der Waals surface area contributed by atoms with E-state index in [-0.39, 0.29) is 22.1 Å². The minimum absolute atomic E-state index is 0.0124. The fourth-order valence-electron chi connectivity index (χ4n) is 2.71. The van der Waals surface area contributed by atoms with Crippen molar-refractivity contribution in [3.8, 4) is 0 Å². The molecule has 0 aliphatic heterocycles. The van der Waals surface area contributed by atoms with Gasteiger partial charge in [0.05, 0.1) is 11.6 Å². The number of thiophene rings is 1. The van der Waals surface area contributed by atoms with Gasteiger partial charge in [-0.2, -0.15) is 0 Å². The number of sulfonamides is 1. The van der Waals surface area contributed by atoms with Gasteiger partial charge in [-0.05, 0) is 35.4 Å². The molecule has 0 radical (unpaired) electrons. The fourth-order valence-corrected chi connectivity index (χ4v) is 4.30. The highest BCUT2D eigenvalue weighted by atomic mass is 32.2. The highest BCUT2D eigenvalue weighted by Gasteiger charge is 2.21. The standard InChI is InChI=1S/C19H26N2O3S2/c1-5-13(4)14-6-8-15(9-7-14)18(12(2)3)21-19(22)16-10-17(25-11-16)26(20,23)24/h6-13,18H,5H2,1-4H3,(H,21,22)(H2,20,23,24). The molecule has 0 spiro atoms. The van der Waals surface area contributed by atoms with Crippen LogP contribution < -0.4 is 10.5 Å². The Kier molecular flexibility index (Phi) is 6.60. The minimum Gasteiger partial charge on any atom is -0.345 e. The van der Waals surface area contributed by atoms with Gasteiger partial charge in [-0.1, -0.05) is 52.0 Å². The first-order valence-electron chi connectivity index (χ1n) is 8.65. The number of amides is 1. The summed E-state index contributed by atoms with van der Waals surface area (Å²) in [6, 6.07) is 9.47. The van der Waals surface area contributed by atoms with Gasteiger partial charge in [0.15, 0.2) is 0 Å². The second-order valence-electron chi connectivity index (χ2n) is 6.87. The molecule has 0 bridgehead atoms. The topological polar surface area (TPSA) is 89.3 Å². The molecule has 1 aromatic heterocycles. The first-order chi connectivity index (χ1) is 12.1. The third-order valence-electron chi connectivity index (χ3n) is 4.55. The molecule has 1 heterocycles. The smallest absolute Gasteiger partial charge is 0.252 e. The summed E-state index contributed by atoms with van der Waals surface area (Å²) in [6.07, 6.45) is 1.08. The number of rotatable bonds is 7. The van der Waals surface area contributed by atoms with E-state index in [1.165, 1.54) is 17.0 Å². The van der Waals surface area contributed by atoms with E-state index in [0.717, 1.165) is 23.3 Å². The SMILES string of the molecule is CCC(C)c1ccc(C(NC(=O)c2csc(S(N)(=O)=O)c2)C(C)C)cc1. The highest BCUT2D eigenvalue weighted by molar-refractivity contribution is 7.91. The lowest BCUT2D eigenvalue weighted by molar-refractivity contribution is 0.0926. The number of nitrogens with one attached hydrogen (secondary N) is 1. The number of carbonyl (C=O) groups excluding carboxylic acids is 1. The van der Waals surface area contributed by atoms with Crippen molar-refractivity contribution in [3.63, 3.8) is 0 Å². The van der Waals surface area contributed by atoms with Crippen LogP contribution in [0, 0.1) is 5.92 Å². The molecule has 0 aliphatic rings. The Morgan fingerprint density at radius 1 is 1.15 bits per heavy atom. The van der Waals surface area contributed by atoms with Crippen molar-refractivity contribution in [2.45, 2.75) is 50.3 Å². The number of primary sulfonamides is 1. The quantitative estimate of drug-likeness (QED) is 0.743. The summed E-state index contributed by atoms with van der Waals surface area (Å²) in [5, 5.41) is 9.63. The van der Waals surface area contributed by atoms with Gasteiger partial charge in [-0.25, -0.2) is 13.6 Å². The van der Waals surface area contributed by atoms with Gasteiger partial charge in [0, 0.05) is 5.38 Å². The predicted octanol–water partition coefficient (Wildman–Crippen LogP) is 4.04. The van der Waals surface area contributed by atoms with Crippen LogP contribution in [0.3, 0.4) is 0 Å². The van der Waals surface area contributed by atoms with Crippen LogP contribution in [0.4, 0.5) is 0 Å². The van der Waals surface area contributed by atoms with Crippen molar-refractivity contribution in [2.24, 2.45) is 11.1 Å². The third-order valence-corrected chi connectivity index (χ3v) is 6.93. The van der Waals surface area contributed by atoms with E-state index in [9.17, 15) is 13.2 Å². The Balaban J connectivity index is 2.20. The van der Waals surface area contributed by atoms with Crippen LogP contribution >= 0.6 is 11.3 Å². The zero-order valence-corrected chi connectivity index (χ0v) is 17.2. The van der Waals surface area contributed by atoms with Crippen LogP contribution in [0.5, 0.6) is 0 Å². The summed E-state index contributed by atoms with van der Waals surface area (Å²) in [4.78, 5) is 12.6. The molecule has 1 amide bonds. The molecule has 1 aromatic carbocycles. The van der Waals surface area contributed by atoms with Gasteiger partial charge in [0.2, 0.25) is 10.0 Å². The molecule has 0 saturated carbocycles. The molecule has 0 fully saturated rings. The van der Waals surface area contributed by atoms with Crippen molar-refractivity contribution in [2.75, 3.05) is 0 Å². The summed E-state index contributed by atoms with van der Waals surface area (Å²) in [6.45, 7) is 8.43. The molecule has 142 valence electrons. The predicted molar refractivity (Wildman–Crippen MR) is 106 cm³/mol. The Morgan fingerprint density at radius 3 is 2.19 bits per heavy atom. The van der Waals surface area contributed by atoms with E-state index >= 15 is 0 Å². The molecule has 2 rings (SSSR count). The molecule has 7 heteroatoms. The summed E-state index contributed by atoms with van der Waals surface area (Å²) in [5.74, 6) is 0.379. The normalized spacial score (nSPS) is 14.2. The van der Waals surface area contributed by atoms with Crippen LogP contribution in [0.2, 0.25) is 0 Å². The number of benzene rings is 1. The van der Waals surface area contributed by atoms with Crippen LogP contribution in [-0.2, 0) is 10.0 Å². The molecule has 2 atom stereocenters. The van der Waals surface area contributed by atoms with Crippen molar-refractivity contribution in [1.29, 1.82) is 0 Å². The lowest BCUT2D eigenvalue weighted by Crippen LogP contribution is -2.31. The van der Waals surface area contributed by atoms with Gasteiger partial charge in [0.25, 0.3) is 5.91 Å². The van der Waals surface area contributed by atoms with Crippen molar-refractivity contribution >= 4 is 27.3 Å². The Hall–Kier alpha value is -1.70. The molecule has 3 N–H and O–H groups in total. The summed E-state index contributed by atoms with van der Waals surface area (Å²) in [7, 11) is -3.79. The maximum absolute atomic E-state index is 12.6. The lowest BCUT2D eigenvalue weighted by atomic mass is 9.92. The highest BCUT2D eigenvalue weighted by Crippen LogP contribution is 2.26. The van der Waals surface area contributed by atoms with E-state index in [0.29, 0.717) is 11.5 Å². The van der Waals surface area contributed by atoms with E-state index in [2.05, 4.69) is 43.4 Å². The molecular formula is C19H26N2O3S2. The molecule has 0 saturated heterocycles. The van der Waals surface area contributed by atoms with E-state index < -0.39 is 10.0 Å². The van der Waals surface area contributed by atoms with Crippen LogP contribution in [-0.4, -0.2) is 14.3 Å². The first kappa shape index (κ1) is 20.6. The third kappa shape index (κ3) is 4.93. The maximum Gasteiger partial charge on any atom is 0.252 e. The average molecular weight is 395 g/mol. The molecule has 2 unspecified atom stereocenters. The Morgan fingerprint density at radius 2 is 1.73 bits per heavy atom. The molecule has 26 heavy (non-hydrogen) atoms. The Labute approximate surface area is 159 Å². The van der Waals surface area contributed by atoms with Crippen molar-refractivity contribution in [1.82, 2.24) is 5.32 Å². The summed E-state index contributed by atoms with van der Waals surface area (Å²) < 4.78 is 22.8. The van der Waals surface area contributed by atoms with Gasteiger partial charge in [-0.15, -0.1) is 11.3 Å². The number of hydrogen-bond acceptors (Lipinski definition) is 4. The number of carbonyl (C=O) groups is 1. The van der Waals surface area contributed by atoms with Crippen molar-refractivity contribution in [3.05, 3.63) is 52.4 Å². The van der Waals surface area contributed by atoms with Crippen LogP contribution in [0.25, 0.3) is 0 Å². The van der Waals surface area contributed by atoms with E-state index in [1.54, 1.807) is 0 Å². The van der Waals surface area contributed by atoms with Gasteiger partial charge >= 0.3 is 0 Å². The monoisotopic (exact) mass is 394 g/mol. The average Bonchev–Trinajstić information content (AvgIpc) is 3.09. The van der Waals surface area contributed by atoms with Crippen molar-refractivity contribution < 1.29 is 13.2 Å². The maximum atomic E-state index is 12.6. The second kappa shape index (κ2) is 8.33. The lowest BCUT2D eigenvalue weighted by Gasteiger charge is -2.23. The largest absolute Gasteiger partial charge is 0.345 e. The summed E-state index contributed by atoms with van der Waals surface area (Å²) >= 11 is 0.950. The van der Waals surface area contributed by atoms with Gasteiger partial charge < -0.3 is 5.32 Å². The van der Waals surface area contributed by atoms with Crippen LogP contribution in [0.1, 0.15) is 67.6 Å². The molecular weight excluding hydrogens is 368 g/mol. The molecule has 2 aromatic rings. The first-order valence-corrected chi connectivity index (χ1v) is 11.1. The molecule has 5 nitrogen and oxygen atoms in total. The van der Waals surface area contributed by atoms with E-state index in [1.807, 2.05) is 13.8 Å². The number of nitrogens with two attached hydrogens (primary N) is 1. The second-order valence-corrected chi connectivity index (χ2v) is 9.57. The number of hydrogen-bond donors (Lipinski definition) is 2. The zero-order chi connectivity index (χ0) is 19.5. The van der Waals surface area contributed by atoms with Gasteiger partial charge in [-0.3, -0.25) is 4.79 Å². The minimum atomic E-state index is -3.79. The van der Waals surface area contributed by atoms with Gasteiger partial charge in [0.1, 0.15) is 4.21 Å². The Bertz CT molecular complexity index is 855. The van der Waals surface area contributed by atoms with E-state index in [4.69, 9.17) is 5.14 Å². The zero-order valence-electron chi connectivity index (χ0n) is 15.5.